The van der Waals surface area contributed by atoms with Gasteiger partial charge in [0.25, 0.3) is 0 Å². The van der Waals surface area contributed by atoms with E-state index in [-0.39, 0.29) is 0 Å². The van der Waals surface area contributed by atoms with Gasteiger partial charge < -0.3 is 10.2 Å². The maximum absolute atomic E-state index is 4.49. The second kappa shape index (κ2) is 6.57. The molecule has 1 fully saturated rings. The van der Waals surface area contributed by atoms with Crippen molar-refractivity contribution in [2.45, 2.75) is 32.1 Å². The second-order valence-electron chi connectivity index (χ2n) is 6.67. The van der Waals surface area contributed by atoms with E-state index in [1.165, 1.54) is 36.2 Å². The summed E-state index contributed by atoms with van der Waals surface area (Å²) in [5.41, 5.74) is 3.96. The first-order valence-corrected chi connectivity index (χ1v) is 8.77. The average Bonchev–Trinajstić information content (AvgIpc) is 3.10. The Bertz CT molecular complexity index is 656. The van der Waals surface area contributed by atoms with E-state index in [1.807, 2.05) is 0 Å². The molecule has 1 atom stereocenters. The highest BCUT2D eigenvalue weighted by Gasteiger charge is 2.23. The van der Waals surface area contributed by atoms with Crippen molar-refractivity contribution in [3.8, 4) is 0 Å². The molecule has 0 saturated carbocycles. The molecule has 1 aromatic heterocycles. The molecule has 2 aromatic rings. The monoisotopic (exact) mass is 308 g/mol. The molecule has 4 heteroatoms. The summed E-state index contributed by atoms with van der Waals surface area (Å²) in [5, 5.41) is 3.61. The first kappa shape index (κ1) is 14.5. The van der Waals surface area contributed by atoms with Gasteiger partial charge in [0.15, 0.2) is 0 Å². The fraction of sp³-hybridized carbons (Fsp3) is 0.474. The average molecular weight is 308 g/mol. The number of hydrogen-bond donors (Lipinski definition) is 1. The summed E-state index contributed by atoms with van der Waals surface area (Å²) in [6.45, 7) is 3.29. The minimum absolute atomic E-state index is 0.685. The first-order valence-electron chi connectivity index (χ1n) is 8.77. The van der Waals surface area contributed by atoms with E-state index in [4.69, 9.17) is 0 Å². The van der Waals surface area contributed by atoms with E-state index < -0.39 is 0 Å². The molecule has 1 N–H and O–H groups in total. The third-order valence-corrected chi connectivity index (χ3v) is 5.09. The van der Waals surface area contributed by atoms with Gasteiger partial charge in [0.2, 0.25) is 0 Å². The smallest absolute Gasteiger partial charge is 0.132 e. The van der Waals surface area contributed by atoms with E-state index >= 15 is 0 Å². The summed E-state index contributed by atoms with van der Waals surface area (Å²) in [5.74, 6) is 1.76. The second-order valence-corrected chi connectivity index (χ2v) is 6.67. The number of benzene rings is 1. The van der Waals surface area contributed by atoms with Crippen molar-refractivity contribution in [1.29, 1.82) is 0 Å². The van der Waals surface area contributed by atoms with Gasteiger partial charge in [-0.25, -0.2) is 9.97 Å². The lowest BCUT2D eigenvalue weighted by atomic mass is 9.96. The van der Waals surface area contributed by atoms with Crippen LogP contribution < -0.4 is 10.2 Å². The van der Waals surface area contributed by atoms with Crippen LogP contribution >= 0.6 is 0 Å². The molecule has 2 heterocycles. The van der Waals surface area contributed by atoms with Gasteiger partial charge in [0.05, 0.1) is 0 Å². The highest BCUT2D eigenvalue weighted by atomic mass is 15.2. The Kier molecular flexibility index (Phi) is 4.14. The van der Waals surface area contributed by atoms with Crippen molar-refractivity contribution in [1.82, 2.24) is 9.97 Å². The van der Waals surface area contributed by atoms with Crippen LogP contribution in [-0.4, -0.2) is 29.6 Å². The normalized spacial score (nSPS) is 20.3. The van der Waals surface area contributed by atoms with Crippen molar-refractivity contribution in [3.63, 3.8) is 0 Å². The van der Waals surface area contributed by atoms with Crippen LogP contribution in [0.4, 0.5) is 11.5 Å². The number of anilines is 2. The van der Waals surface area contributed by atoms with Crippen molar-refractivity contribution < 1.29 is 0 Å². The van der Waals surface area contributed by atoms with Crippen molar-refractivity contribution in [2.24, 2.45) is 5.92 Å². The highest BCUT2D eigenvalue weighted by molar-refractivity contribution is 5.48. The minimum atomic E-state index is 0.685. The fourth-order valence-corrected chi connectivity index (χ4v) is 3.79. The van der Waals surface area contributed by atoms with E-state index in [2.05, 4.69) is 50.5 Å². The van der Waals surface area contributed by atoms with Crippen LogP contribution in [-0.2, 0) is 12.8 Å². The van der Waals surface area contributed by atoms with Crippen LogP contribution in [0.1, 0.15) is 30.5 Å². The lowest BCUT2D eigenvalue weighted by Crippen LogP contribution is -2.23. The molecular weight excluding hydrogens is 284 g/mol. The van der Waals surface area contributed by atoms with Crippen molar-refractivity contribution >= 4 is 11.5 Å². The van der Waals surface area contributed by atoms with Gasteiger partial charge in [-0.2, -0.15) is 0 Å². The summed E-state index contributed by atoms with van der Waals surface area (Å²) in [6, 6.07) is 10.7. The number of aromatic nitrogens is 2. The Hall–Kier alpha value is -2.10. The SMILES string of the molecule is c1ccc(N2CCC(CNc3ncnc4c3CCCC4)C2)cc1. The molecule has 4 nitrogen and oxygen atoms in total. The van der Waals surface area contributed by atoms with Crippen LogP contribution in [0.3, 0.4) is 0 Å². The number of nitrogens with one attached hydrogen (secondary N) is 1. The zero-order valence-corrected chi connectivity index (χ0v) is 13.5. The molecule has 1 unspecified atom stereocenters. The molecule has 1 saturated heterocycles. The zero-order chi connectivity index (χ0) is 15.5. The third kappa shape index (κ3) is 3.16. The van der Waals surface area contributed by atoms with E-state index in [1.54, 1.807) is 6.33 Å². The van der Waals surface area contributed by atoms with Crippen molar-refractivity contribution in [2.75, 3.05) is 29.9 Å². The van der Waals surface area contributed by atoms with Crippen LogP contribution in [0.15, 0.2) is 36.7 Å². The molecule has 2 aliphatic rings. The molecule has 4 rings (SSSR count). The quantitative estimate of drug-likeness (QED) is 0.941. The zero-order valence-electron chi connectivity index (χ0n) is 13.5. The number of aryl methyl sites for hydroxylation is 1. The van der Waals surface area contributed by atoms with Gasteiger partial charge in [0, 0.05) is 36.6 Å². The molecule has 0 spiro atoms. The van der Waals surface area contributed by atoms with Crippen LogP contribution in [0.25, 0.3) is 0 Å². The lowest BCUT2D eigenvalue weighted by Gasteiger charge is -2.20. The molecule has 1 aromatic carbocycles. The Morgan fingerprint density at radius 2 is 1.96 bits per heavy atom. The maximum Gasteiger partial charge on any atom is 0.132 e. The molecule has 0 radical (unpaired) electrons. The number of para-hydroxylation sites is 1. The van der Waals surface area contributed by atoms with E-state index in [9.17, 15) is 0 Å². The molecule has 1 aliphatic carbocycles. The van der Waals surface area contributed by atoms with E-state index in [0.717, 1.165) is 38.3 Å². The Morgan fingerprint density at radius 3 is 2.87 bits per heavy atom. The summed E-state index contributed by atoms with van der Waals surface area (Å²) < 4.78 is 0. The first-order chi connectivity index (χ1) is 11.4. The van der Waals surface area contributed by atoms with Gasteiger partial charge in [-0.15, -0.1) is 0 Å². The summed E-state index contributed by atoms with van der Waals surface area (Å²) in [6.07, 6.45) is 7.72. The van der Waals surface area contributed by atoms with Gasteiger partial charge in [-0.3, -0.25) is 0 Å². The molecule has 0 bridgehead atoms. The molecule has 1 aliphatic heterocycles. The van der Waals surface area contributed by atoms with Gasteiger partial charge in [-0.05, 0) is 50.2 Å². The molecule has 0 amide bonds. The number of fused-ring (bicyclic) bond motifs is 1. The van der Waals surface area contributed by atoms with Crippen LogP contribution in [0.5, 0.6) is 0 Å². The predicted octanol–water partition coefficient (Wildman–Crippen LogP) is 3.29. The standard InChI is InChI=1S/C19H24N4/c1-2-6-16(7-3-1)23-11-10-15(13-23)12-20-19-17-8-4-5-9-18(17)21-14-22-19/h1-3,6-7,14-15H,4-5,8-13H2,(H,20,21,22). The summed E-state index contributed by atoms with van der Waals surface area (Å²) in [7, 11) is 0. The van der Waals surface area contributed by atoms with Crippen molar-refractivity contribution in [3.05, 3.63) is 47.9 Å². The number of rotatable bonds is 4. The Morgan fingerprint density at radius 1 is 1.09 bits per heavy atom. The Labute approximate surface area is 138 Å². The summed E-state index contributed by atoms with van der Waals surface area (Å²) in [4.78, 5) is 11.4. The predicted molar refractivity (Wildman–Crippen MR) is 93.9 cm³/mol. The Balaban J connectivity index is 1.37. The largest absolute Gasteiger partial charge is 0.371 e. The van der Waals surface area contributed by atoms with Gasteiger partial charge >= 0.3 is 0 Å². The highest BCUT2D eigenvalue weighted by Crippen LogP contribution is 2.26. The fourth-order valence-electron chi connectivity index (χ4n) is 3.79. The minimum Gasteiger partial charge on any atom is -0.371 e. The van der Waals surface area contributed by atoms with Crippen LogP contribution in [0, 0.1) is 5.92 Å². The lowest BCUT2D eigenvalue weighted by molar-refractivity contribution is 0.616. The topological polar surface area (TPSA) is 41.0 Å². The van der Waals surface area contributed by atoms with E-state index in [0.29, 0.717) is 5.92 Å². The maximum atomic E-state index is 4.49. The number of hydrogen-bond acceptors (Lipinski definition) is 4. The number of nitrogens with zero attached hydrogens (tertiary/aromatic N) is 3. The van der Waals surface area contributed by atoms with Gasteiger partial charge in [-0.1, -0.05) is 18.2 Å². The van der Waals surface area contributed by atoms with Crippen LogP contribution in [0.2, 0.25) is 0 Å². The summed E-state index contributed by atoms with van der Waals surface area (Å²) >= 11 is 0. The molecular formula is C19H24N4. The third-order valence-electron chi connectivity index (χ3n) is 5.09. The molecule has 23 heavy (non-hydrogen) atoms. The molecule has 120 valence electrons. The van der Waals surface area contributed by atoms with Gasteiger partial charge in [0.1, 0.15) is 12.1 Å².